The quantitative estimate of drug-likeness (QED) is 0.524. The number of hydrogen-bond donors (Lipinski definition) is 2. The van der Waals surface area contributed by atoms with Gasteiger partial charge in [-0.3, -0.25) is 11.3 Å². The van der Waals surface area contributed by atoms with Crippen LogP contribution in [-0.2, 0) is 0 Å². The second kappa shape index (κ2) is 8.10. The molecule has 0 aromatic rings. The van der Waals surface area contributed by atoms with Crippen LogP contribution in [0.2, 0.25) is 0 Å². The van der Waals surface area contributed by atoms with Gasteiger partial charge >= 0.3 is 0 Å². The Morgan fingerprint density at radius 2 is 1.82 bits per heavy atom. The van der Waals surface area contributed by atoms with Gasteiger partial charge in [-0.15, -0.1) is 0 Å². The van der Waals surface area contributed by atoms with E-state index in [1.54, 1.807) is 0 Å². The van der Waals surface area contributed by atoms with Crippen LogP contribution in [0.3, 0.4) is 0 Å². The molecule has 0 aromatic carbocycles. The van der Waals surface area contributed by atoms with E-state index in [4.69, 9.17) is 5.84 Å². The molecule has 0 spiro atoms. The summed E-state index contributed by atoms with van der Waals surface area (Å²) in [5, 5.41) is 0. The fourth-order valence-electron chi connectivity index (χ4n) is 3.28. The highest BCUT2D eigenvalue weighted by Crippen LogP contribution is 2.34. The largest absolute Gasteiger partial charge is 0.271 e. The Balaban J connectivity index is 2.34. The minimum absolute atomic E-state index is 0.549. The summed E-state index contributed by atoms with van der Waals surface area (Å²) in [5.41, 5.74) is 3.08. The number of hydrogen-bond acceptors (Lipinski definition) is 2. The molecule has 0 aromatic heterocycles. The molecule has 2 heteroatoms. The third-order valence-electron chi connectivity index (χ3n) is 4.72. The van der Waals surface area contributed by atoms with E-state index in [-0.39, 0.29) is 0 Å². The molecule has 17 heavy (non-hydrogen) atoms. The molecule has 0 amide bonds. The van der Waals surface area contributed by atoms with E-state index in [1.165, 1.54) is 51.4 Å². The number of nitrogens with two attached hydrogens (primary N) is 1. The van der Waals surface area contributed by atoms with E-state index in [0.29, 0.717) is 6.04 Å². The van der Waals surface area contributed by atoms with Crippen LogP contribution < -0.4 is 11.3 Å². The molecule has 0 heterocycles. The Hall–Kier alpha value is -0.0800. The molecule has 1 aliphatic rings. The predicted octanol–water partition coefficient (Wildman–Crippen LogP) is 3.86. The molecule has 0 aliphatic heterocycles. The third kappa shape index (κ3) is 4.97. The van der Waals surface area contributed by atoms with E-state index in [2.05, 4.69) is 26.2 Å². The molecule has 1 rings (SSSR count). The lowest BCUT2D eigenvalue weighted by Gasteiger charge is -2.34. The summed E-state index contributed by atoms with van der Waals surface area (Å²) in [6.07, 6.45) is 10.9. The average molecular weight is 240 g/mol. The fourth-order valence-corrected chi connectivity index (χ4v) is 3.28. The van der Waals surface area contributed by atoms with Gasteiger partial charge in [0, 0.05) is 6.04 Å². The fraction of sp³-hybridized carbons (Fsp3) is 1.00. The Morgan fingerprint density at radius 1 is 1.18 bits per heavy atom. The number of nitrogens with one attached hydrogen (secondary N) is 1. The van der Waals surface area contributed by atoms with Gasteiger partial charge in [-0.1, -0.05) is 52.9 Å². The molecule has 2 unspecified atom stereocenters. The van der Waals surface area contributed by atoms with Crippen LogP contribution in [0.15, 0.2) is 0 Å². The monoisotopic (exact) mass is 240 g/mol. The molecular formula is C15H32N2. The van der Waals surface area contributed by atoms with E-state index in [1.807, 2.05) is 0 Å². The zero-order valence-electron chi connectivity index (χ0n) is 12.0. The Morgan fingerprint density at radius 3 is 2.29 bits per heavy atom. The first-order valence-electron chi connectivity index (χ1n) is 7.67. The molecule has 2 nitrogen and oxygen atoms in total. The van der Waals surface area contributed by atoms with Crippen LogP contribution in [0.1, 0.15) is 72.1 Å². The molecule has 0 bridgehead atoms. The van der Waals surface area contributed by atoms with Crippen LogP contribution in [0.5, 0.6) is 0 Å². The lowest BCUT2D eigenvalue weighted by Crippen LogP contribution is -2.43. The first kappa shape index (κ1) is 15.0. The molecule has 102 valence electrons. The second-order valence-electron chi connectivity index (χ2n) is 6.09. The van der Waals surface area contributed by atoms with Crippen molar-refractivity contribution in [1.29, 1.82) is 0 Å². The zero-order valence-corrected chi connectivity index (χ0v) is 12.0. The highest BCUT2D eigenvalue weighted by molar-refractivity contribution is 4.81. The van der Waals surface area contributed by atoms with Gasteiger partial charge < -0.3 is 0 Å². The van der Waals surface area contributed by atoms with Crippen molar-refractivity contribution in [1.82, 2.24) is 5.43 Å². The Kier molecular flexibility index (Phi) is 7.14. The van der Waals surface area contributed by atoms with Crippen molar-refractivity contribution in [3.05, 3.63) is 0 Å². The predicted molar refractivity (Wildman–Crippen MR) is 75.5 cm³/mol. The molecule has 0 radical (unpaired) electrons. The first-order chi connectivity index (χ1) is 8.21. The molecule has 1 saturated carbocycles. The Bertz CT molecular complexity index is 185. The molecular weight excluding hydrogens is 208 g/mol. The van der Waals surface area contributed by atoms with Crippen molar-refractivity contribution in [2.24, 2.45) is 23.6 Å². The molecule has 2 atom stereocenters. The summed E-state index contributed by atoms with van der Waals surface area (Å²) < 4.78 is 0. The minimum Gasteiger partial charge on any atom is -0.271 e. The van der Waals surface area contributed by atoms with Crippen molar-refractivity contribution in [3.63, 3.8) is 0 Å². The van der Waals surface area contributed by atoms with Gasteiger partial charge in [0.15, 0.2) is 0 Å². The minimum atomic E-state index is 0.549. The van der Waals surface area contributed by atoms with Gasteiger partial charge in [0.05, 0.1) is 0 Å². The summed E-state index contributed by atoms with van der Waals surface area (Å²) in [5.74, 6) is 8.37. The van der Waals surface area contributed by atoms with E-state index < -0.39 is 0 Å². The van der Waals surface area contributed by atoms with Crippen molar-refractivity contribution in [2.75, 3.05) is 0 Å². The standard InChI is InChI=1S/C15H32N2/c1-4-6-13-7-9-14(10-8-13)15(17-16)11-12(3)5-2/h12-15,17H,4-11,16H2,1-3H3. The van der Waals surface area contributed by atoms with Crippen molar-refractivity contribution in [3.8, 4) is 0 Å². The third-order valence-corrected chi connectivity index (χ3v) is 4.72. The van der Waals surface area contributed by atoms with Crippen LogP contribution in [-0.4, -0.2) is 6.04 Å². The topological polar surface area (TPSA) is 38.0 Å². The van der Waals surface area contributed by atoms with Crippen LogP contribution in [0.4, 0.5) is 0 Å². The SMILES string of the molecule is CCCC1CCC(C(CC(C)CC)NN)CC1. The summed E-state index contributed by atoms with van der Waals surface area (Å²) in [7, 11) is 0. The number of rotatable bonds is 7. The van der Waals surface area contributed by atoms with Gasteiger partial charge in [-0.25, -0.2) is 0 Å². The summed E-state index contributed by atoms with van der Waals surface area (Å²) >= 11 is 0. The molecule has 3 N–H and O–H groups in total. The first-order valence-corrected chi connectivity index (χ1v) is 7.67. The lowest BCUT2D eigenvalue weighted by molar-refractivity contribution is 0.195. The Labute approximate surface area is 108 Å². The van der Waals surface area contributed by atoms with Crippen molar-refractivity contribution >= 4 is 0 Å². The van der Waals surface area contributed by atoms with Gasteiger partial charge in [0.25, 0.3) is 0 Å². The zero-order chi connectivity index (χ0) is 12.7. The summed E-state index contributed by atoms with van der Waals surface area (Å²) in [6, 6.07) is 0.549. The van der Waals surface area contributed by atoms with Crippen molar-refractivity contribution in [2.45, 2.75) is 78.2 Å². The molecule has 1 fully saturated rings. The normalized spacial score (nSPS) is 28.9. The number of hydrazine groups is 1. The summed E-state index contributed by atoms with van der Waals surface area (Å²) in [4.78, 5) is 0. The maximum absolute atomic E-state index is 5.75. The average Bonchev–Trinajstić information content (AvgIpc) is 2.37. The van der Waals surface area contributed by atoms with Gasteiger partial charge in [-0.05, 0) is 37.0 Å². The van der Waals surface area contributed by atoms with Gasteiger partial charge in [0.2, 0.25) is 0 Å². The smallest absolute Gasteiger partial charge is 0.0241 e. The van der Waals surface area contributed by atoms with Gasteiger partial charge in [0.1, 0.15) is 0 Å². The van der Waals surface area contributed by atoms with E-state index >= 15 is 0 Å². The maximum Gasteiger partial charge on any atom is 0.0241 e. The van der Waals surface area contributed by atoms with E-state index in [0.717, 1.165) is 17.8 Å². The highest BCUT2D eigenvalue weighted by atomic mass is 15.2. The van der Waals surface area contributed by atoms with Crippen LogP contribution in [0.25, 0.3) is 0 Å². The van der Waals surface area contributed by atoms with Crippen LogP contribution >= 0.6 is 0 Å². The second-order valence-corrected chi connectivity index (χ2v) is 6.09. The van der Waals surface area contributed by atoms with Crippen LogP contribution in [0, 0.1) is 17.8 Å². The highest BCUT2D eigenvalue weighted by Gasteiger charge is 2.27. The van der Waals surface area contributed by atoms with Gasteiger partial charge in [-0.2, -0.15) is 0 Å². The molecule has 0 saturated heterocycles. The lowest BCUT2D eigenvalue weighted by atomic mass is 9.75. The van der Waals surface area contributed by atoms with Crippen molar-refractivity contribution < 1.29 is 0 Å². The maximum atomic E-state index is 5.75. The summed E-state index contributed by atoms with van der Waals surface area (Å²) in [6.45, 7) is 6.92. The molecule has 1 aliphatic carbocycles. The van der Waals surface area contributed by atoms with E-state index in [9.17, 15) is 0 Å².